The lowest BCUT2D eigenvalue weighted by molar-refractivity contribution is -0.132. The summed E-state index contributed by atoms with van der Waals surface area (Å²) in [7, 11) is 0. The van der Waals surface area contributed by atoms with Crippen molar-refractivity contribution in [1.29, 1.82) is 5.26 Å². The first-order chi connectivity index (χ1) is 5.59. The van der Waals surface area contributed by atoms with Gasteiger partial charge in [0.25, 0.3) is 0 Å². The third-order valence-corrected chi connectivity index (χ3v) is 0.807. The fourth-order valence-corrected chi connectivity index (χ4v) is 0.242. The summed E-state index contributed by atoms with van der Waals surface area (Å²) in [5, 5.41) is 23.8. The van der Waals surface area contributed by atoms with Gasteiger partial charge in [-0.1, -0.05) is 13.2 Å². The maximum atomic E-state index is 9.88. The Labute approximate surface area is 71.1 Å². The molecule has 66 valence electrons. The molecule has 0 aliphatic rings. The zero-order chi connectivity index (χ0) is 9.98. The van der Waals surface area contributed by atoms with Crippen LogP contribution in [-0.4, -0.2) is 22.8 Å². The van der Waals surface area contributed by atoms with Gasteiger partial charge in [0.1, 0.15) is 0 Å². The van der Waals surface area contributed by atoms with Gasteiger partial charge in [-0.15, -0.1) is 0 Å². The highest BCUT2D eigenvalue weighted by Gasteiger charge is 1.99. The molecule has 0 aliphatic heterocycles. The van der Waals surface area contributed by atoms with E-state index < -0.39 is 5.97 Å². The summed E-state index contributed by atoms with van der Waals surface area (Å²) >= 11 is 0. The largest absolute Gasteiger partial charge is 0.478 e. The van der Waals surface area contributed by atoms with Crippen molar-refractivity contribution in [1.82, 2.24) is 0 Å². The third-order valence-electron chi connectivity index (χ3n) is 0.807. The second-order valence-electron chi connectivity index (χ2n) is 1.72. The van der Waals surface area contributed by atoms with E-state index in [-0.39, 0.29) is 18.6 Å². The standard InChI is InChI=1S/C5H8O3.C3H3N/c1-4(2-3-6)5(7)8;1-2-3-4/h6H,1-3H2,(H,7,8);2H,1H2. The van der Waals surface area contributed by atoms with Crippen LogP contribution < -0.4 is 0 Å². The summed E-state index contributed by atoms with van der Waals surface area (Å²) in [4.78, 5) is 9.88. The molecular formula is C8H11NO3. The van der Waals surface area contributed by atoms with Gasteiger partial charge in [0.2, 0.25) is 0 Å². The van der Waals surface area contributed by atoms with E-state index in [0.29, 0.717) is 0 Å². The minimum Gasteiger partial charge on any atom is -0.478 e. The molecule has 0 spiro atoms. The van der Waals surface area contributed by atoms with Crippen molar-refractivity contribution in [2.45, 2.75) is 6.42 Å². The predicted octanol–water partition coefficient (Wildman–Crippen LogP) is 0.706. The molecule has 0 amide bonds. The highest BCUT2D eigenvalue weighted by Crippen LogP contribution is 1.94. The first-order valence-electron chi connectivity index (χ1n) is 3.12. The van der Waals surface area contributed by atoms with Crippen molar-refractivity contribution in [2.75, 3.05) is 6.61 Å². The van der Waals surface area contributed by atoms with Gasteiger partial charge in [0.15, 0.2) is 0 Å². The number of carbonyl (C=O) groups is 1. The number of aliphatic hydroxyl groups is 1. The average Bonchev–Trinajstić information content (AvgIpc) is 2.05. The third kappa shape index (κ3) is 11.2. The number of nitrogens with zero attached hydrogens (tertiary/aromatic N) is 1. The van der Waals surface area contributed by atoms with E-state index in [1.807, 2.05) is 0 Å². The second-order valence-corrected chi connectivity index (χ2v) is 1.72. The Kier molecular flexibility index (Phi) is 10.2. The molecule has 0 aromatic carbocycles. The summed E-state index contributed by atoms with van der Waals surface area (Å²) in [6, 6.07) is 1.69. The molecular weight excluding hydrogens is 158 g/mol. The maximum absolute atomic E-state index is 9.88. The lowest BCUT2D eigenvalue weighted by atomic mass is 10.2. The highest BCUT2D eigenvalue weighted by atomic mass is 16.4. The summed E-state index contributed by atoms with van der Waals surface area (Å²) in [6.07, 6.45) is 1.33. The number of hydrogen-bond acceptors (Lipinski definition) is 3. The molecule has 0 aliphatic carbocycles. The fraction of sp³-hybridized carbons (Fsp3) is 0.250. The maximum Gasteiger partial charge on any atom is 0.331 e. The van der Waals surface area contributed by atoms with E-state index in [1.165, 1.54) is 6.08 Å². The van der Waals surface area contributed by atoms with E-state index in [1.54, 1.807) is 6.07 Å². The number of carboxylic acids is 1. The molecule has 0 heterocycles. The van der Waals surface area contributed by atoms with Gasteiger partial charge < -0.3 is 10.2 Å². The molecule has 0 fully saturated rings. The minimum atomic E-state index is -1.04. The number of allylic oxidation sites excluding steroid dienone is 1. The van der Waals surface area contributed by atoms with Gasteiger partial charge in [-0.05, 0) is 0 Å². The number of hydrogen-bond donors (Lipinski definition) is 2. The van der Waals surface area contributed by atoms with Crippen LogP contribution in [-0.2, 0) is 4.79 Å². The molecule has 0 saturated heterocycles. The Hall–Kier alpha value is -1.60. The quantitative estimate of drug-likeness (QED) is 0.481. The van der Waals surface area contributed by atoms with E-state index >= 15 is 0 Å². The first kappa shape index (κ1) is 13.0. The van der Waals surface area contributed by atoms with E-state index in [2.05, 4.69) is 13.2 Å². The van der Waals surface area contributed by atoms with Crippen LogP contribution in [0.15, 0.2) is 24.8 Å². The lowest BCUT2D eigenvalue weighted by Crippen LogP contribution is -2.00. The van der Waals surface area contributed by atoms with Crippen LogP contribution in [0.2, 0.25) is 0 Å². The minimum absolute atomic E-state index is 0.0486. The van der Waals surface area contributed by atoms with Crippen LogP contribution in [0.1, 0.15) is 6.42 Å². The first-order valence-corrected chi connectivity index (χ1v) is 3.12. The van der Waals surface area contributed by atoms with E-state index in [9.17, 15) is 4.79 Å². The van der Waals surface area contributed by atoms with Crippen LogP contribution in [0.25, 0.3) is 0 Å². The number of nitriles is 1. The summed E-state index contributed by atoms with van der Waals surface area (Å²) in [5.74, 6) is -1.04. The monoisotopic (exact) mass is 169 g/mol. The summed E-state index contributed by atoms with van der Waals surface area (Å²) in [6.45, 7) is 6.15. The molecule has 0 atom stereocenters. The van der Waals surface area contributed by atoms with Crippen molar-refractivity contribution in [3.05, 3.63) is 24.8 Å². The zero-order valence-electron chi connectivity index (χ0n) is 6.66. The predicted molar refractivity (Wildman–Crippen MR) is 44.3 cm³/mol. The molecule has 12 heavy (non-hydrogen) atoms. The van der Waals surface area contributed by atoms with Crippen molar-refractivity contribution in [2.24, 2.45) is 0 Å². The molecule has 2 N–H and O–H groups in total. The van der Waals surface area contributed by atoms with Gasteiger partial charge >= 0.3 is 5.97 Å². The van der Waals surface area contributed by atoms with Crippen LogP contribution in [0.4, 0.5) is 0 Å². The molecule has 0 unspecified atom stereocenters. The zero-order valence-corrected chi connectivity index (χ0v) is 6.66. The van der Waals surface area contributed by atoms with Crippen molar-refractivity contribution in [3.63, 3.8) is 0 Å². The molecule has 0 radical (unpaired) electrons. The van der Waals surface area contributed by atoms with Gasteiger partial charge in [0.05, 0.1) is 6.07 Å². The van der Waals surface area contributed by atoms with Crippen molar-refractivity contribution >= 4 is 5.97 Å². The molecule has 0 saturated carbocycles. The van der Waals surface area contributed by atoms with Crippen LogP contribution >= 0.6 is 0 Å². The highest BCUT2D eigenvalue weighted by molar-refractivity contribution is 5.85. The molecule has 0 aromatic rings. The Bertz CT molecular complexity index is 203. The van der Waals surface area contributed by atoms with Crippen molar-refractivity contribution < 1.29 is 15.0 Å². The molecule has 0 rings (SSSR count). The number of rotatable bonds is 3. The second kappa shape index (κ2) is 9.40. The summed E-state index contributed by atoms with van der Waals surface area (Å²) in [5.41, 5.74) is 0.0486. The normalized spacial score (nSPS) is 7.00. The Morgan fingerprint density at radius 1 is 1.67 bits per heavy atom. The van der Waals surface area contributed by atoms with Gasteiger partial charge in [0, 0.05) is 24.7 Å². The number of aliphatic carboxylic acids is 1. The van der Waals surface area contributed by atoms with Crippen molar-refractivity contribution in [3.8, 4) is 6.07 Å². The SMILES string of the molecule is C=C(CCO)C(=O)O.C=CC#N. The Balaban J connectivity index is 0. The van der Waals surface area contributed by atoms with Crippen LogP contribution in [0.5, 0.6) is 0 Å². The smallest absolute Gasteiger partial charge is 0.331 e. The van der Waals surface area contributed by atoms with Gasteiger partial charge in [-0.3, -0.25) is 0 Å². The molecule has 0 bridgehead atoms. The number of carboxylic acid groups (broad SMARTS) is 1. The molecule has 4 nitrogen and oxygen atoms in total. The van der Waals surface area contributed by atoms with E-state index in [0.717, 1.165) is 0 Å². The Morgan fingerprint density at radius 2 is 2.08 bits per heavy atom. The fourth-order valence-electron chi connectivity index (χ4n) is 0.242. The lowest BCUT2D eigenvalue weighted by Gasteiger charge is -1.91. The molecule has 0 aromatic heterocycles. The Morgan fingerprint density at radius 3 is 2.17 bits per heavy atom. The summed E-state index contributed by atoms with van der Waals surface area (Å²) < 4.78 is 0. The van der Waals surface area contributed by atoms with E-state index in [4.69, 9.17) is 15.5 Å². The number of aliphatic hydroxyl groups excluding tert-OH is 1. The van der Waals surface area contributed by atoms with Crippen LogP contribution in [0, 0.1) is 11.3 Å². The van der Waals surface area contributed by atoms with Gasteiger partial charge in [-0.2, -0.15) is 5.26 Å². The van der Waals surface area contributed by atoms with Gasteiger partial charge in [-0.25, -0.2) is 4.79 Å². The van der Waals surface area contributed by atoms with Crippen LogP contribution in [0.3, 0.4) is 0 Å². The average molecular weight is 169 g/mol. The molecule has 4 heteroatoms. The topological polar surface area (TPSA) is 81.3 Å².